The Bertz CT molecular complexity index is 921. The maximum Gasteiger partial charge on any atom is 0.276 e. The van der Waals surface area contributed by atoms with Crippen LogP contribution in [0, 0.1) is 11.3 Å². The molecule has 0 N–H and O–H groups in total. The smallest absolute Gasteiger partial charge is 0.276 e. The van der Waals surface area contributed by atoms with Gasteiger partial charge in [-0.05, 0) is 43.9 Å². The van der Waals surface area contributed by atoms with E-state index in [1.807, 2.05) is 31.1 Å². The average molecular weight is 364 g/mol. The first-order valence-corrected chi connectivity index (χ1v) is 8.50. The highest BCUT2D eigenvalue weighted by Crippen LogP contribution is 2.21. The highest BCUT2D eigenvalue weighted by atomic mass is 16.5. The largest absolute Gasteiger partial charge is 0.461 e. The van der Waals surface area contributed by atoms with Gasteiger partial charge in [0.25, 0.3) is 5.91 Å². The van der Waals surface area contributed by atoms with E-state index in [1.54, 1.807) is 35.2 Å². The maximum absolute atomic E-state index is 13.0. The number of benzene rings is 1. The lowest BCUT2D eigenvalue weighted by Gasteiger charge is -2.23. The van der Waals surface area contributed by atoms with Crippen molar-refractivity contribution in [2.24, 2.45) is 0 Å². The molecule has 0 spiro atoms. The van der Waals surface area contributed by atoms with Gasteiger partial charge in [0.05, 0.1) is 17.9 Å². The van der Waals surface area contributed by atoms with Gasteiger partial charge in [-0.15, -0.1) is 0 Å². The highest BCUT2D eigenvalue weighted by Gasteiger charge is 2.21. The molecule has 0 saturated carbocycles. The van der Waals surface area contributed by atoms with Gasteiger partial charge in [0.2, 0.25) is 5.76 Å². The van der Waals surface area contributed by atoms with Gasteiger partial charge in [0.15, 0.2) is 11.5 Å². The predicted octanol–water partition coefficient (Wildman–Crippen LogP) is 3.01. The number of likely N-dealkylation sites (N-methyl/N-ethyl adjacent to an activating group) is 1. The number of rotatable bonds is 7. The molecule has 2 aromatic heterocycles. The third-order valence-electron chi connectivity index (χ3n) is 4.05. The first kappa shape index (κ1) is 18.4. The molecule has 0 radical (unpaired) electrons. The number of nitrogens with zero attached hydrogens (tertiary/aromatic N) is 4. The fraction of sp³-hybridized carbons (Fsp3) is 0.250. The minimum atomic E-state index is -0.220. The van der Waals surface area contributed by atoms with Gasteiger partial charge >= 0.3 is 0 Å². The van der Waals surface area contributed by atoms with E-state index in [1.165, 1.54) is 6.26 Å². The van der Waals surface area contributed by atoms with Gasteiger partial charge in [0.1, 0.15) is 0 Å². The Morgan fingerprint density at radius 1 is 1.15 bits per heavy atom. The van der Waals surface area contributed by atoms with Crippen molar-refractivity contribution >= 4 is 5.91 Å². The number of aromatic nitrogens is 1. The first-order valence-electron chi connectivity index (χ1n) is 8.50. The summed E-state index contributed by atoms with van der Waals surface area (Å²) in [7, 11) is 3.91. The molecule has 0 aliphatic carbocycles. The molecule has 1 amide bonds. The summed E-state index contributed by atoms with van der Waals surface area (Å²) in [6, 6.07) is 14.4. The minimum Gasteiger partial charge on any atom is -0.461 e. The number of hydrogen-bond donors (Lipinski definition) is 0. The van der Waals surface area contributed by atoms with E-state index >= 15 is 0 Å². The van der Waals surface area contributed by atoms with Crippen LogP contribution in [0.4, 0.5) is 0 Å². The molecule has 0 aliphatic heterocycles. The van der Waals surface area contributed by atoms with E-state index in [9.17, 15) is 4.79 Å². The summed E-state index contributed by atoms with van der Waals surface area (Å²) >= 11 is 0. The first-order chi connectivity index (χ1) is 13.1. The zero-order valence-electron chi connectivity index (χ0n) is 15.3. The van der Waals surface area contributed by atoms with Crippen molar-refractivity contribution in [2.75, 3.05) is 27.2 Å². The Kier molecular flexibility index (Phi) is 5.69. The van der Waals surface area contributed by atoms with E-state index in [2.05, 4.69) is 11.2 Å². The summed E-state index contributed by atoms with van der Waals surface area (Å²) in [5.41, 5.74) is 1.76. The Labute approximate surface area is 157 Å². The molecule has 7 nitrogen and oxygen atoms in total. The van der Waals surface area contributed by atoms with Gasteiger partial charge in [0, 0.05) is 25.7 Å². The highest BCUT2D eigenvalue weighted by molar-refractivity contribution is 5.93. The standard InChI is InChI=1S/C20H20N4O3/c1-23(2)9-10-24(14-16-7-5-15(13-21)6-8-16)20(25)17-12-19(27-22-17)18-4-3-11-26-18/h3-8,11-12H,9-10,14H2,1-2H3. The van der Waals surface area contributed by atoms with Crippen LogP contribution in [-0.2, 0) is 6.54 Å². The molecule has 0 aliphatic rings. The number of carbonyl (C=O) groups is 1. The second-order valence-corrected chi connectivity index (χ2v) is 6.39. The van der Waals surface area contributed by atoms with Crippen LogP contribution in [0.3, 0.4) is 0 Å². The molecule has 7 heteroatoms. The number of hydrogen-bond acceptors (Lipinski definition) is 6. The van der Waals surface area contributed by atoms with E-state index < -0.39 is 0 Å². The summed E-state index contributed by atoms with van der Waals surface area (Å²) in [6.45, 7) is 1.67. The van der Waals surface area contributed by atoms with Gasteiger partial charge in [-0.25, -0.2) is 0 Å². The van der Waals surface area contributed by atoms with Crippen molar-refractivity contribution in [3.8, 4) is 17.6 Å². The van der Waals surface area contributed by atoms with Crippen LogP contribution in [0.1, 0.15) is 21.6 Å². The van der Waals surface area contributed by atoms with Gasteiger partial charge in [-0.3, -0.25) is 4.79 Å². The Morgan fingerprint density at radius 2 is 1.93 bits per heavy atom. The Balaban J connectivity index is 1.78. The van der Waals surface area contributed by atoms with E-state index in [0.717, 1.165) is 5.56 Å². The van der Waals surface area contributed by atoms with Crippen molar-refractivity contribution in [1.82, 2.24) is 15.0 Å². The normalized spacial score (nSPS) is 10.7. The van der Waals surface area contributed by atoms with E-state index in [4.69, 9.17) is 14.2 Å². The third-order valence-corrected chi connectivity index (χ3v) is 4.05. The topological polar surface area (TPSA) is 86.5 Å². The number of amides is 1. The average Bonchev–Trinajstić information content (AvgIpc) is 3.36. The zero-order valence-corrected chi connectivity index (χ0v) is 15.3. The summed E-state index contributed by atoms with van der Waals surface area (Å²) in [5.74, 6) is 0.713. The predicted molar refractivity (Wildman–Crippen MR) is 98.7 cm³/mol. The lowest BCUT2D eigenvalue weighted by atomic mass is 10.1. The van der Waals surface area contributed by atoms with Crippen LogP contribution < -0.4 is 0 Å². The third kappa shape index (κ3) is 4.63. The molecule has 0 fully saturated rings. The summed E-state index contributed by atoms with van der Waals surface area (Å²) in [4.78, 5) is 16.7. The molecule has 138 valence electrons. The second-order valence-electron chi connectivity index (χ2n) is 6.39. The fourth-order valence-electron chi connectivity index (χ4n) is 2.55. The number of carbonyl (C=O) groups excluding carboxylic acids is 1. The van der Waals surface area contributed by atoms with Crippen LogP contribution in [0.2, 0.25) is 0 Å². The molecule has 3 rings (SSSR count). The molecule has 0 saturated heterocycles. The van der Waals surface area contributed by atoms with Crippen LogP contribution in [0.5, 0.6) is 0 Å². The SMILES string of the molecule is CN(C)CCN(Cc1ccc(C#N)cc1)C(=O)c1cc(-c2ccco2)on1. The zero-order chi connectivity index (χ0) is 19.2. The van der Waals surface area contributed by atoms with E-state index in [0.29, 0.717) is 36.7 Å². The van der Waals surface area contributed by atoms with Crippen molar-refractivity contribution in [3.05, 3.63) is 65.5 Å². The lowest BCUT2D eigenvalue weighted by Crippen LogP contribution is -2.36. The fourth-order valence-corrected chi connectivity index (χ4v) is 2.55. The Morgan fingerprint density at radius 3 is 2.56 bits per heavy atom. The molecule has 3 aromatic rings. The van der Waals surface area contributed by atoms with Gasteiger partial charge in [-0.1, -0.05) is 17.3 Å². The lowest BCUT2D eigenvalue weighted by molar-refractivity contribution is 0.0721. The summed E-state index contributed by atoms with van der Waals surface area (Å²) in [6.07, 6.45) is 1.54. The molecule has 2 heterocycles. The quantitative estimate of drug-likeness (QED) is 0.640. The van der Waals surface area contributed by atoms with E-state index in [-0.39, 0.29) is 11.6 Å². The number of furan rings is 1. The molecule has 0 atom stereocenters. The number of nitriles is 1. The van der Waals surface area contributed by atoms with Crippen molar-refractivity contribution in [3.63, 3.8) is 0 Å². The van der Waals surface area contributed by atoms with Crippen molar-refractivity contribution in [2.45, 2.75) is 6.54 Å². The molecule has 0 bridgehead atoms. The van der Waals surface area contributed by atoms with Crippen LogP contribution >= 0.6 is 0 Å². The molecule has 0 unspecified atom stereocenters. The van der Waals surface area contributed by atoms with Gasteiger partial charge < -0.3 is 18.7 Å². The minimum absolute atomic E-state index is 0.220. The maximum atomic E-state index is 13.0. The molecule has 1 aromatic carbocycles. The van der Waals surface area contributed by atoms with Crippen LogP contribution in [-0.4, -0.2) is 48.0 Å². The van der Waals surface area contributed by atoms with Crippen molar-refractivity contribution in [1.29, 1.82) is 5.26 Å². The molecular formula is C20H20N4O3. The summed E-state index contributed by atoms with van der Waals surface area (Å²) in [5, 5.41) is 12.8. The monoisotopic (exact) mass is 364 g/mol. The summed E-state index contributed by atoms with van der Waals surface area (Å²) < 4.78 is 10.5. The molecular weight excluding hydrogens is 344 g/mol. The Hall–Kier alpha value is -3.37. The van der Waals surface area contributed by atoms with Gasteiger partial charge in [-0.2, -0.15) is 5.26 Å². The van der Waals surface area contributed by atoms with Crippen LogP contribution in [0.25, 0.3) is 11.5 Å². The van der Waals surface area contributed by atoms with Crippen LogP contribution in [0.15, 0.2) is 57.7 Å². The van der Waals surface area contributed by atoms with Crippen molar-refractivity contribution < 1.29 is 13.7 Å². The molecule has 27 heavy (non-hydrogen) atoms. The second kappa shape index (κ2) is 8.34.